The third-order valence-corrected chi connectivity index (χ3v) is 5.75. The van der Waals surface area contributed by atoms with E-state index in [1.807, 2.05) is 6.07 Å². The molecule has 2 aliphatic rings. The average molecular weight is 487 g/mol. The predicted molar refractivity (Wildman–Crippen MR) is 124 cm³/mol. The molecule has 2 aliphatic heterocycles. The van der Waals surface area contributed by atoms with E-state index in [4.69, 9.17) is 0 Å². The fourth-order valence-electron chi connectivity index (χ4n) is 3.59. The van der Waals surface area contributed by atoms with Gasteiger partial charge in [-0.2, -0.15) is 0 Å². The number of nitro groups is 1. The lowest BCUT2D eigenvalue weighted by molar-refractivity contribution is -0.384. The van der Waals surface area contributed by atoms with Crippen molar-refractivity contribution in [3.8, 4) is 0 Å². The molecule has 3 aromatic rings. The lowest BCUT2D eigenvalue weighted by Crippen LogP contribution is -2.38. The van der Waals surface area contributed by atoms with E-state index in [0.717, 1.165) is 72.3 Å². The molecular weight excluding hydrogens is 464 g/mol. The van der Waals surface area contributed by atoms with Crippen LogP contribution in [0.5, 0.6) is 0 Å². The Morgan fingerprint density at radius 2 is 1.55 bits per heavy atom. The van der Waals surface area contributed by atoms with Crippen LogP contribution in [-0.4, -0.2) is 58.3 Å². The molecule has 2 fully saturated rings. The molecule has 0 aliphatic carbocycles. The zero-order valence-electron chi connectivity index (χ0n) is 17.2. The van der Waals surface area contributed by atoms with E-state index in [9.17, 15) is 10.1 Å². The second-order valence-electron chi connectivity index (χ2n) is 7.34. The van der Waals surface area contributed by atoms with Gasteiger partial charge in [-0.15, -0.1) is 10.2 Å². The van der Waals surface area contributed by atoms with Gasteiger partial charge < -0.3 is 15.1 Å². The number of nitro benzene ring substituents is 1. The Morgan fingerprint density at radius 3 is 2.06 bits per heavy atom. The van der Waals surface area contributed by atoms with Gasteiger partial charge in [0.25, 0.3) is 5.69 Å². The first-order valence-electron chi connectivity index (χ1n) is 10.2. The molecule has 0 radical (unpaired) electrons. The summed E-state index contributed by atoms with van der Waals surface area (Å²) in [6.07, 6.45) is 6.83. The molecule has 1 N–H and O–H groups in total. The molecule has 2 aromatic heterocycles. The highest BCUT2D eigenvalue weighted by Gasteiger charge is 2.24. The molecule has 5 rings (SSSR count). The minimum Gasteiger partial charge on any atom is -0.357 e. The van der Waals surface area contributed by atoms with E-state index < -0.39 is 0 Å². The van der Waals surface area contributed by atoms with Crippen LogP contribution in [0.4, 0.5) is 23.3 Å². The number of hydrogen-bond acceptors (Lipinski definition) is 9. The summed E-state index contributed by atoms with van der Waals surface area (Å²) in [5, 5.41) is 24.5. The lowest BCUT2D eigenvalue weighted by atomic mass is 10.1. The van der Waals surface area contributed by atoms with Crippen molar-refractivity contribution in [1.82, 2.24) is 20.2 Å². The molecule has 1 aromatic carbocycles. The van der Waals surface area contributed by atoms with Crippen LogP contribution >= 0.6 is 15.9 Å². The van der Waals surface area contributed by atoms with E-state index in [2.05, 4.69) is 51.2 Å². The van der Waals surface area contributed by atoms with Crippen LogP contribution in [0.25, 0.3) is 10.8 Å². The second-order valence-corrected chi connectivity index (χ2v) is 8.26. The molecule has 0 spiro atoms. The molecule has 11 heteroatoms. The van der Waals surface area contributed by atoms with Crippen molar-refractivity contribution in [3.05, 3.63) is 45.2 Å². The summed E-state index contributed by atoms with van der Waals surface area (Å²) in [7, 11) is 1.78. The molecule has 0 unspecified atom stereocenters. The summed E-state index contributed by atoms with van der Waals surface area (Å²) in [5.74, 6) is 2.26. The Hall–Kier alpha value is -3.08. The van der Waals surface area contributed by atoms with Crippen molar-refractivity contribution in [2.75, 3.05) is 48.3 Å². The number of aromatic nitrogens is 4. The summed E-state index contributed by atoms with van der Waals surface area (Å²) in [5.41, 5.74) is 0.106. The van der Waals surface area contributed by atoms with E-state index in [1.54, 1.807) is 31.6 Å². The quantitative estimate of drug-likeness (QED) is 0.435. The third-order valence-electron chi connectivity index (χ3n) is 5.34. The Labute approximate surface area is 188 Å². The molecule has 4 heterocycles. The number of hydrogen-bond donors (Lipinski definition) is 1. The number of nitrogens with one attached hydrogen (secondary N) is 1. The van der Waals surface area contributed by atoms with Crippen LogP contribution in [0.1, 0.15) is 19.3 Å². The highest BCUT2D eigenvalue weighted by Crippen LogP contribution is 2.35. The van der Waals surface area contributed by atoms with Crippen LogP contribution in [0, 0.1) is 10.1 Å². The van der Waals surface area contributed by atoms with Crippen molar-refractivity contribution in [1.29, 1.82) is 0 Å². The predicted octanol–water partition coefficient (Wildman–Crippen LogP) is 3.63. The number of nitrogens with zero attached hydrogens (tertiary/aromatic N) is 7. The fraction of sp³-hybridized carbons (Fsp3) is 0.400. The standard InChI is InChI=1S/C15H17N5O2.C5H6BrN3/c21-20(22)11-4-5-12-13(10-11)15(19-8-3-9-19)17-16-14(12)18-6-1-2-7-18;1-7-5-8-2-4(6)3-9-5/h4-5,10H,1-3,6-9H2;2-3H,1H3,(H,7,8,9). The number of anilines is 3. The zero-order valence-corrected chi connectivity index (χ0v) is 18.7. The van der Waals surface area contributed by atoms with Crippen LogP contribution in [-0.2, 0) is 0 Å². The molecular formula is C20H23BrN8O2. The van der Waals surface area contributed by atoms with Crippen LogP contribution in [0.15, 0.2) is 35.1 Å². The molecule has 0 amide bonds. The minimum absolute atomic E-state index is 0.106. The molecule has 0 saturated carbocycles. The molecule has 2 saturated heterocycles. The molecule has 162 valence electrons. The van der Waals surface area contributed by atoms with E-state index in [-0.39, 0.29) is 10.6 Å². The normalized spacial score (nSPS) is 15.3. The number of rotatable bonds is 4. The van der Waals surface area contributed by atoms with Crippen LogP contribution < -0.4 is 15.1 Å². The number of halogens is 1. The monoisotopic (exact) mass is 486 g/mol. The van der Waals surface area contributed by atoms with Crippen molar-refractivity contribution in [2.45, 2.75) is 19.3 Å². The third kappa shape index (κ3) is 4.66. The molecule has 31 heavy (non-hydrogen) atoms. The van der Waals surface area contributed by atoms with E-state index in [1.165, 1.54) is 0 Å². The minimum atomic E-state index is -0.352. The van der Waals surface area contributed by atoms with E-state index >= 15 is 0 Å². The Kier molecular flexibility index (Phi) is 6.40. The first kappa shape index (κ1) is 21.2. The summed E-state index contributed by atoms with van der Waals surface area (Å²) in [4.78, 5) is 23.0. The second kappa shape index (κ2) is 9.38. The maximum absolute atomic E-state index is 11.1. The van der Waals surface area contributed by atoms with Gasteiger partial charge in [0, 0.05) is 68.5 Å². The van der Waals surface area contributed by atoms with Gasteiger partial charge in [0.15, 0.2) is 11.6 Å². The number of non-ortho nitro benzene ring substituents is 1. The van der Waals surface area contributed by atoms with Crippen molar-refractivity contribution >= 4 is 50.0 Å². The summed E-state index contributed by atoms with van der Waals surface area (Å²) < 4.78 is 0.890. The summed E-state index contributed by atoms with van der Waals surface area (Å²) >= 11 is 3.22. The summed E-state index contributed by atoms with van der Waals surface area (Å²) in [6, 6.07) is 5.01. The topological polar surface area (TPSA) is 113 Å². The Bertz CT molecular complexity index is 1070. The van der Waals surface area contributed by atoms with Gasteiger partial charge in [-0.1, -0.05) is 0 Å². The maximum atomic E-state index is 11.1. The maximum Gasteiger partial charge on any atom is 0.270 e. The van der Waals surface area contributed by atoms with Crippen molar-refractivity contribution < 1.29 is 4.92 Å². The van der Waals surface area contributed by atoms with Gasteiger partial charge >= 0.3 is 0 Å². The summed E-state index contributed by atoms with van der Waals surface area (Å²) in [6.45, 7) is 3.83. The number of benzene rings is 1. The van der Waals surface area contributed by atoms with Crippen LogP contribution in [0.3, 0.4) is 0 Å². The van der Waals surface area contributed by atoms with Crippen molar-refractivity contribution in [3.63, 3.8) is 0 Å². The largest absolute Gasteiger partial charge is 0.357 e. The van der Waals surface area contributed by atoms with Gasteiger partial charge in [-0.05, 0) is 41.3 Å². The number of fused-ring (bicyclic) bond motifs is 1. The fourth-order valence-corrected chi connectivity index (χ4v) is 3.80. The zero-order chi connectivity index (χ0) is 21.8. The van der Waals surface area contributed by atoms with E-state index in [0.29, 0.717) is 5.95 Å². The van der Waals surface area contributed by atoms with Gasteiger partial charge in [-0.25, -0.2) is 9.97 Å². The molecule has 0 bridgehead atoms. The first-order chi connectivity index (χ1) is 15.1. The Morgan fingerprint density at radius 1 is 0.968 bits per heavy atom. The lowest BCUT2D eigenvalue weighted by Gasteiger charge is -2.32. The highest BCUT2D eigenvalue weighted by atomic mass is 79.9. The first-order valence-corrected chi connectivity index (χ1v) is 11.0. The smallest absolute Gasteiger partial charge is 0.270 e. The molecule has 10 nitrogen and oxygen atoms in total. The Balaban J connectivity index is 0.000000217. The van der Waals surface area contributed by atoms with Crippen molar-refractivity contribution in [2.24, 2.45) is 0 Å². The molecule has 0 atom stereocenters. The van der Waals surface area contributed by atoms with Gasteiger partial charge in [-0.3, -0.25) is 10.1 Å². The average Bonchev–Trinajstić information content (AvgIpc) is 3.28. The van der Waals surface area contributed by atoms with Gasteiger partial charge in [0.1, 0.15) is 0 Å². The van der Waals surface area contributed by atoms with Gasteiger partial charge in [0.05, 0.1) is 9.40 Å². The SMILES string of the molecule is CNc1ncc(Br)cn1.O=[N+]([O-])c1ccc2c(N3CCCC3)nnc(N3CCC3)c2c1. The van der Waals surface area contributed by atoms with Crippen LogP contribution in [0.2, 0.25) is 0 Å². The highest BCUT2D eigenvalue weighted by molar-refractivity contribution is 9.10. The van der Waals surface area contributed by atoms with Gasteiger partial charge in [0.2, 0.25) is 5.95 Å².